The van der Waals surface area contributed by atoms with Crippen LogP contribution in [0.2, 0.25) is 0 Å². The summed E-state index contributed by atoms with van der Waals surface area (Å²) in [7, 11) is 0. The van der Waals surface area contributed by atoms with Crippen LogP contribution in [0.3, 0.4) is 0 Å². The second-order valence-corrected chi connectivity index (χ2v) is 8.83. The quantitative estimate of drug-likeness (QED) is 0.361. The highest BCUT2D eigenvalue weighted by Crippen LogP contribution is 2.31. The Balaban J connectivity index is 1.44. The first-order chi connectivity index (χ1) is 19.3. The number of piperazine rings is 1. The maximum absolute atomic E-state index is 13.6. The first-order valence-corrected chi connectivity index (χ1v) is 11.9. The largest absolute Gasteiger partial charge is 0.506 e. The predicted molar refractivity (Wildman–Crippen MR) is 132 cm³/mol. The van der Waals surface area contributed by atoms with Gasteiger partial charge in [0, 0.05) is 49.1 Å². The SMILES string of the molecule is O=C(NCC(F)(F)F)c1ccc(N2CCN(C(=O)c3cc(C#Cc4cncc(O)c4)cc(C(F)(F)F)c3)CC2)nn1. The van der Waals surface area contributed by atoms with Crippen LogP contribution in [-0.4, -0.2) is 75.9 Å². The monoisotopic (exact) mass is 578 g/mol. The second-order valence-electron chi connectivity index (χ2n) is 8.83. The number of hydrogen-bond acceptors (Lipinski definition) is 7. The number of alkyl halides is 6. The van der Waals surface area contributed by atoms with Crippen molar-refractivity contribution in [2.24, 2.45) is 0 Å². The van der Waals surface area contributed by atoms with Gasteiger partial charge in [-0.05, 0) is 36.4 Å². The summed E-state index contributed by atoms with van der Waals surface area (Å²) in [5.74, 6) is 3.66. The van der Waals surface area contributed by atoms with Crippen LogP contribution in [0.1, 0.15) is 37.5 Å². The summed E-state index contributed by atoms with van der Waals surface area (Å²) in [5, 5.41) is 18.7. The molecule has 9 nitrogen and oxygen atoms in total. The number of pyridine rings is 1. The minimum absolute atomic E-state index is 0.0558. The lowest BCUT2D eigenvalue weighted by atomic mass is 10.0. The molecule has 0 atom stereocenters. The molecule has 1 aromatic carbocycles. The van der Waals surface area contributed by atoms with Crippen LogP contribution in [0.15, 0.2) is 48.8 Å². The lowest BCUT2D eigenvalue weighted by molar-refractivity contribution is -0.137. The van der Waals surface area contributed by atoms with Crippen molar-refractivity contribution >= 4 is 17.6 Å². The van der Waals surface area contributed by atoms with Gasteiger partial charge in [-0.2, -0.15) is 26.3 Å². The predicted octanol–water partition coefficient (Wildman–Crippen LogP) is 3.25. The molecule has 1 fully saturated rings. The second kappa shape index (κ2) is 11.7. The van der Waals surface area contributed by atoms with Gasteiger partial charge < -0.3 is 20.2 Å². The summed E-state index contributed by atoms with van der Waals surface area (Å²) in [6, 6.07) is 6.73. The number of carbonyl (C=O) groups is 2. The van der Waals surface area contributed by atoms with E-state index in [9.17, 15) is 41.0 Å². The molecule has 3 aromatic rings. The van der Waals surface area contributed by atoms with Crippen LogP contribution in [0.5, 0.6) is 5.75 Å². The standard InChI is InChI=1S/C26H20F6N6O3/c27-25(28,29)15-34-23(40)21-3-4-22(36-35-21)37-5-7-38(8-6-37)24(41)18-9-16(10-19(12-18)26(30,31)32)1-2-17-11-20(39)14-33-13-17/h3-4,9-14,39H,5-8,15H2,(H,34,40). The van der Waals surface area contributed by atoms with E-state index >= 15 is 0 Å². The van der Waals surface area contributed by atoms with Crippen LogP contribution in [-0.2, 0) is 6.18 Å². The van der Waals surface area contributed by atoms with Gasteiger partial charge in [-0.25, -0.2) is 0 Å². The van der Waals surface area contributed by atoms with E-state index in [1.165, 1.54) is 41.6 Å². The van der Waals surface area contributed by atoms with Gasteiger partial charge in [-0.3, -0.25) is 14.6 Å². The molecule has 0 spiro atoms. The normalized spacial score (nSPS) is 13.8. The third-order valence-electron chi connectivity index (χ3n) is 5.81. The summed E-state index contributed by atoms with van der Waals surface area (Å²) in [6.07, 6.45) is -6.80. The van der Waals surface area contributed by atoms with Crippen molar-refractivity contribution in [3.05, 3.63) is 76.7 Å². The molecule has 214 valence electrons. The molecule has 41 heavy (non-hydrogen) atoms. The summed E-state index contributed by atoms with van der Waals surface area (Å²) in [5.41, 5.74) is -1.35. The molecule has 1 saturated heterocycles. The summed E-state index contributed by atoms with van der Waals surface area (Å²) < 4.78 is 77.6. The van der Waals surface area contributed by atoms with E-state index in [1.54, 1.807) is 10.2 Å². The van der Waals surface area contributed by atoms with Gasteiger partial charge in [-0.1, -0.05) is 11.8 Å². The Morgan fingerprint density at radius 1 is 0.902 bits per heavy atom. The highest BCUT2D eigenvalue weighted by atomic mass is 19.4. The number of benzene rings is 1. The summed E-state index contributed by atoms with van der Waals surface area (Å²) in [6.45, 7) is -0.798. The Hall–Kier alpha value is -4.87. The number of nitrogens with zero attached hydrogens (tertiary/aromatic N) is 5. The Labute approximate surface area is 228 Å². The van der Waals surface area contributed by atoms with E-state index in [-0.39, 0.29) is 54.3 Å². The molecular weight excluding hydrogens is 558 g/mol. The number of carbonyl (C=O) groups excluding carboxylic acids is 2. The highest BCUT2D eigenvalue weighted by Gasteiger charge is 2.33. The topological polar surface area (TPSA) is 112 Å². The van der Waals surface area contributed by atoms with Gasteiger partial charge in [0.1, 0.15) is 12.3 Å². The number of amides is 2. The molecular formula is C26H20F6N6O3. The molecule has 4 rings (SSSR count). The first-order valence-electron chi connectivity index (χ1n) is 11.9. The molecule has 1 aliphatic heterocycles. The van der Waals surface area contributed by atoms with Crippen LogP contribution < -0.4 is 10.2 Å². The van der Waals surface area contributed by atoms with Crippen molar-refractivity contribution in [2.45, 2.75) is 12.4 Å². The van der Waals surface area contributed by atoms with E-state index < -0.39 is 36.3 Å². The fourth-order valence-electron chi connectivity index (χ4n) is 3.83. The van der Waals surface area contributed by atoms with Crippen molar-refractivity contribution in [1.29, 1.82) is 0 Å². The minimum Gasteiger partial charge on any atom is -0.506 e. The Kier molecular flexibility index (Phi) is 8.31. The zero-order valence-corrected chi connectivity index (χ0v) is 20.9. The number of aromatic nitrogens is 3. The molecule has 0 saturated carbocycles. The van der Waals surface area contributed by atoms with E-state index in [0.29, 0.717) is 5.82 Å². The molecule has 0 radical (unpaired) electrons. The molecule has 2 aromatic heterocycles. The van der Waals surface area contributed by atoms with Gasteiger partial charge in [0.2, 0.25) is 0 Å². The number of halogens is 6. The Morgan fingerprint density at radius 2 is 1.61 bits per heavy atom. The number of hydrogen-bond donors (Lipinski definition) is 2. The number of anilines is 1. The maximum Gasteiger partial charge on any atom is 0.416 e. The van der Waals surface area contributed by atoms with Gasteiger partial charge in [0.25, 0.3) is 11.8 Å². The van der Waals surface area contributed by atoms with Gasteiger partial charge in [-0.15, -0.1) is 10.2 Å². The average molecular weight is 578 g/mol. The number of rotatable bonds is 4. The van der Waals surface area contributed by atoms with Crippen LogP contribution in [0.25, 0.3) is 0 Å². The van der Waals surface area contributed by atoms with Crippen molar-refractivity contribution in [2.75, 3.05) is 37.6 Å². The van der Waals surface area contributed by atoms with E-state index in [1.807, 2.05) is 0 Å². The molecule has 2 N–H and O–H groups in total. The molecule has 15 heteroatoms. The Bertz CT molecular complexity index is 1490. The van der Waals surface area contributed by atoms with E-state index in [4.69, 9.17) is 0 Å². The maximum atomic E-state index is 13.6. The van der Waals surface area contributed by atoms with Gasteiger partial charge in [0.05, 0.1) is 11.8 Å². The van der Waals surface area contributed by atoms with Crippen molar-refractivity contribution in [1.82, 2.24) is 25.4 Å². The van der Waals surface area contributed by atoms with Crippen molar-refractivity contribution in [3.63, 3.8) is 0 Å². The van der Waals surface area contributed by atoms with Crippen LogP contribution in [0, 0.1) is 11.8 Å². The van der Waals surface area contributed by atoms with Crippen LogP contribution in [0.4, 0.5) is 32.2 Å². The lowest BCUT2D eigenvalue weighted by Crippen LogP contribution is -2.49. The molecule has 0 unspecified atom stereocenters. The number of aromatic hydroxyl groups is 1. The van der Waals surface area contributed by atoms with E-state index in [0.717, 1.165) is 12.1 Å². The van der Waals surface area contributed by atoms with Crippen LogP contribution >= 0.6 is 0 Å². The zero-order chi connectivity index (χ0) is 29.8. The first kappa shape index (κ1) is 29.1. The number of nitrogens with one attached hydrogen (secondary N) is 1. The van der Waals surface area contributed by atoms with E-state index in [2.05, 4.69) is 27.0 Å². The fraction of sp³-hybridized carbons (Fsp3) is 0.269. The minimum atomic E-state index is -4.73. The average Bonchev–Trinajstić information content (AvgIpc) is 2.93. The molecule has 3 heterocycles. The van der Waals surface area contributed by atoms with Gasteiger partial charge >= 0.3 is 12.4 Å². The molecule has 2 amide bonds. The summed E-state index contributed by atoms with van der Waals surface area (Å²) in [4.78, 5) is 31.8. The van der Waals surface area contributed by atoms with Crippen molar-refractivity contribution in [3.8, 4) is 17.6 Å². The zero-order valence-electron chi connectivity index (χ0n) is 20.9. The lowest BCUT2D eigenvalue weighted by Gasteiger charge is -2.35. The van der Waals surface area contributed by atoms with Gasteiger partial charge in [0.15, 0.2) is 11.5 Å². The highest BCUT2D eigenvalue weighted by molar-refractivity contribution is 5.95. The summed E-state index contributed by atoms with van der Waals surface area (Å²) >= 11 is 0. The smallest absolute Gasteiger partial charge is 0.416 e. The third-order valence-corrected chi connectivity index (χ3v) is 5.81. The molecule has 0 bridgehead atoms. The Morgan fingerprint density at radius 3 is 2.22 bits per heavy atom. The molecule has 0 aliphatic carbocycles. The molecule has 1 aliphatic rings. The van der Waals surface area contributed by atoms with Crippen molar-refractivity contribution < 1.29 is 41.0 Å². The third kappa shape index (κ3) is 7.84. The fourth-order valence-corrected chi connectivity index (χ4v) is 3.83.